The second-order valence-corrected chi connectivity index (χ2v) is 5.41. The van der Waals surface area contributed by atoms with Crippen molar-refractivity contribution in [3.63, 3.8) is 0 Å². The molecule has 0 saturated heterocycles. The number of hydrogen-bond acceptors (Lipinski definition) is 2. The zero-order chi connectivity index (χ0) is 13.1. The molecule has 1 aliphatic rings. The average molecular weight is 287 g/mol. The van der Waals surface area contributed by atoms with Crippen LogP contribution in [0.5, 0.6) is 0 Å². The van der Waals surface area contributed by atoms with Crippen LogP contribution in [0.25, 0.3) is 0 Å². The van der Waals surface area contributed by atoms with Gasteiger partial charge in [0, 0.05) is 13.1 Å². The highest BCUT2D eigenvalue weighted by Crippen LogP contribution is 2.30. The van der Waals surface area contributed by atoms with Crippen LogP contribution in [0.4, 0.5) is 0 Å². The lowest BCUT2D eigenvalue weighted by atomic mass is 10.2. The minimum atomic E-state index is -0.0436. The molecule has 0 aromatic carbocycles. The summed E-state index contributed by atoms with van der Waals surface area (Å²) < 4.78 is 0. The minimum Gasteiger partial charge on any atom is -0.338 e. The molecule has 0 unspecified atom stereocenters. The first-order chi connectivity index (χ1) is 8.61. The molecule has 2 rings (SSSR count). The SMILES string of the molecule is CCCN(CC1CC1)C(=O)c1ccc(Cl)nc1Cl. The number of rotatable bonds is 5. The third kappa shape index (κ3) is 3.36. The molecule has 1 amide bonds. The highest BCUT2D eigenvalue weighted by Gasteiger charge is 2.27. The second-order valence-electron chi connectivity index (χ2n) is 4.67. The molecule has 1 aromatic rings. The van der Waals surface area contributed by atoms with Crippen LogP contribution in [-0.4, -0.2) is 28.9 Å². The van der Waals surface area contributed by atoms with Crippen LogP contribution < -0.4 is 0 Å². The first kappa shape index (κ1) is 13.6. The molecule has 3 nitrogen and oxygen atoms in total. The van der Waals surface area contributed by atoms with E-state index in [0.29, 0.717) is 16.6 Å². The molecule has 1 aromatic heterocycles. The van der Waals surface area contributed by atoms with Crippen LogP contribution in [0.2, 0.25) is 10.3 Å². The van der Waals surface area contributed by atoms with Gasteiger partial charge in [0.15, 0.2) is 0 Å². The molecule has 0 bridgehead atoms. The summed E-state index contributed by atoms with van der Waals surface area (Å²) >= 11 is 11.7. The normalized spacial score (nSPS) is 14.6. The van der Waals surface area contributed by atoms with E-state index >= 15 is 0 Å². The fraction of sp³-hybridized carbons (Fsp3) is 0.538. The topological polar surface area (TPSA) is 33.2 Å². The standard InChI is InChI=1S/C13H16Cl2N2O/c1-2-7-17(8-9-3-4-9)13(18)10-5-6-11(14)16-12(10)15/h5-6,9H,2-4,7-8H2,1H3. The molecule has 18 heavy (non-hydrogen) atoms. The van der Waals surface area contributed by atoms with E-state index in [-0.39, 0.29) is 11.1 Å². The third-order valence-electron chi connectivity index (χ3n) is 3.00. The Balaban J connectivity index is 2.15. The number of carbonyl (C=O) groups is 1. The number of pyridine rings is 1. The lowest BCUT2D eigenvalue weighted by Crippen LogP contribution is -2.33. The van der Waals surface area contributed by atoms with Gasteiger partial charge in [-0.15, -0.1) is 0 Å². The summed E-state index contributed by atoms with van der Waals surface area (Å²) in [6.07, 6.45) is 3.39. The van der Waals surface area contributed by atoms with Gasteiger partial charge in [-0.25, -0.2) is 4.98 Å². The Morgan fingerprint density at radius 2 is 2.17 bits per heavy atom. The van der Waals surface area contributed by atoms with Gasteiger partial charge in [0.1, 0.15) is 10.3 Å². The van der Waals surface area contributed by atoms with Gasteiger partial charge in [-0.05, 0) is 37.3 Å². The van der Waals surface area contributed by atoms with Crippen molar-refractivity contribution in [3.8, 4) is 0 Å². The number of aromatic nitrogens is 1. The van der Waals surface area contributed by atoms with Crippen molar-refractivity contribution >= 4 is 29.1 Å². The second kappa shape index (κ2) is 5.89. The molecule has 5 heteroatoms. The van der Waals surface area contributed by atoms with Gasteiger partial charge < -0.3 is 4.90 Å². The molecule has 1 heterocycles. The number of hydrogen-bond donors (Lipinski definition) is 0. The fourth-order valence-corrected chi connectivity index (χ4v) is 2.33. The first-order valence-electron chi connectivity index (χ1n) is 6.23. The quantitative estimate of drug-likeness (QED) is 0.774. The van der Waals surface area contributed by atoms with Gasteiger partial charge >= 0.3 is 0 Å². The van der Waals surface area contributed by atoms with Crippen LogP contribution in [0, 0.1) is 5.92 Å². The summed E-state index contributed by atoms with van der Waals surface area (Å²) in [5.41, 5.74) is 0.440. The summed E-state index contributed by atoms with van der Waals surface area (Å²) in [6.45, 7) is 3.65. The van der Waals surface area contributed by atoms with Gasteiger partial charge in [0.05, 0.1) is 5.56 Å². The maximum Gasteiger partial charge on any atom is 0.256 e. The van der Waals surface area contributed by atoms with E-state index in [1.54, 1.807) is 12.1 Å². The fourth-order valence-electron chi connectivity index (χ4n) is 1.90. The molecule has 1 saturated carbocycles. The van der Waals surface area contributed by atoms with Crippen molar-refractivity contribution < 1.29 is 4.79 Å². The van der Waals surface area contributed by atoms with Gasteiger partial charge in [0.25, 0.3) is 5.91 Å². The third-order valence-corrected chi connectivity index (χ3v) is 3.50. The zero-order valence-electron chi connectivity index (χ0n) is 10.3. The van der Waals surface area contributed by atoms with E-state index in [9.17, 15) is 4.79 Å². The molecule has 0 aliphatic heterocycles. The van der Waals surface area contributed by atoms with Crippen LogP contribution in [-0.2, 0) is 0 Å². The molecule has 98 valence electrons. The summed E-state index contributed by atoms with van der Waals surface area (Å²) in [5, 5.41) is 0.491. The van der Waals surface area contributed by atoms with Gasteiger partial charge in [-0.1, -0.05) is 30.1 Å². The predicted octanol–water partition coefficient (Wildman–Crippen LogP) is 3.65. The lowest BCUT2D eigenvalue weighted by molar-refractivity contribution is 0.0747. The van der Waals surface area contributed by atoms with Gasteiger partial charge in [-0.3, -0.25) is 4.79 Å². The van der Waals surface area contributed by atoms with Gasteiger partial charge in [0.2, 0.25) is 0 Å². The summed E-state index contributed by atoms with van der Waals surface area (Å²) in [4.78, 5) is 18.2. The molecule has 0 atom stereocenters. The van der Waals surface area contributed by atoms with Crippen molar-refractivity contribution in [1.29, 1.82) is 0 Å². The molecule has 0 radical (unpaired) electrons. The molecule has 1 aliphatic carbocycles. The Morgan fingerprint density at radius 3 is 2.72 bits per heavy atom. The summed E-state index contributed by atoms with van der Waals surface area (Å²) in [5.74, 6) is 0.623. The van der Waals surface area contributed by atoms with E-state index in [2.05, 4.69) is 11.9 Å². The largest absolute Gasteiger partial charge is 0.338 e. The Morgan fingerprint density at radius 1 is 1.44 bits per heavy atom. The van der Waals surface area contributed by atoms with Crippen LogP contribution >= 0.6 is 23.2 Å². The highest BCUT2D eigenvalue weighted by molar-refractivity contribution is 6.34. The van der Waals surface area contributed by atoms with Crippen molar-refractivity contribution in [2.45, 2.75) is 26.2 Å². The van der Waals surface area contributed by atoms with Crippen molar-refractivity contribution in [2.24, 2.45) is 5.92 Å². The number of halogens is 2. The predicted molar refractivity (Wildman–Crippen MR) is 73.2 cm³/mol. The molecule has 0 N–H and O–H groups in total. The molecular formula is C13H16Cl2N2O. The Labute approximate surface area is 117 Å². The van der Waals surface area contributed by atoms with E-state index in [4.69, 9.17) is 23.2 Å². The average Bonchev–Trinajstić information content (AvgIpc) is 3.11. The first-order valence-corrected chi connectivity index (χ1v) is 6.98. The number of amides is 1. The highest BCUT2D eigenvalue weighted by atomic mass is 35.5. The smallest absolute Gasteiger partial charge is 0.256 e. The molecule has 1 fully saturated rings. The van der Waals surface area contributed by atoms with E-state index in [1.807, 2.05) is 4.90 Å². The van der Waals surface area contributed by atoms with Crippen molar-refractivity contribution in [3.05, 3.63) is 28.0 Å². The maximum absolute atomic E-state index is 12.4. The van der Waals surface area contributed by atoms with Crippen molar-refractivity contribution in [2.75, 3.05) is 13.1 Å². The Kier molecular flexibility index (Phi) is 4.46. The van der Waals surface area contributed by atoms with E-state index in [1.165, 1.54) is 12.8 Å². The number of nitrogens with zero attached hydrogens (tertiary/aromatic N) is 2. The Bertz CT molecular complexity index is 447. The number of carbonyl (C=O) groups excluding carboxylic acids is 1. The summed E-state index contributed by atoms with van der Waals surface area (Å²) in [6, 6.07) is 3.25. The van der Waals surface area contributed by atoms with E-state index < -0.39 is 0 Å². The Hall–Kier alpha value is -0.800. The zero-order valence-corrected chi connectivity index (χ0v) is 11.8. The van der Waals surface area contributed by atoms with E-state index in [0.717, 1.165) is 19.5 Å². The maximum atomic E-state index is 12.4. The van der Waals surface area contributed by atoms with Gasteiger partial charge in [-0.2, -0.15) is 0 Å². The van der Waals surface area contributed by atoms with Crippen LogP contribution in [0.15, 0.2) is 12.1 Å². The van der Waals surface area contributed by atoms with Crippen molar-refractivity contribution in [1.82, 2.24) is 9.88 Å². The molecular weight excluding hydrogens is 271 g/mol. The van der Waals surface area contributed by atoms with Crippen LogP contribution in [0.3, 0.4) is 0 Å². The monoisotopic (exact) mass is 286 g/mol. The minimum absolute atomic E-state index is 0.0436. The van der Waals surface area contributed by atoms with Crippen LogP contribution in [0.1, 0.15) is 36.5 Å². The lowest BCUT2D eigenvalue weighted by Gasteiger charge is -2.22. The molecule has 0 spiro atoms. The summed E-state index contributed by atoms with van der Waals surface area (Å²) in [7, 11) is 0.